The van der Waals surface area contributed by atoms with Gasteiger partial charge >= 0.3 is 0 Å². The van der Waals surface area contributed by atoms with Crippen molar-refractivity contribution in [2.75, 3.05) is 76.9 Å². The maximum Gasteiger partial charge on any atom is 0.242 e. The van der Waals surface area contributed by atoms with E-state index in [1.165, 1.54) is 0 Å². The molecule has 1 fully saturated rings. The first-order valence-corrected chi connectivity index (χ1v) is 14.3. The number of nitrogens with zero attached hydrogens (tertiary/aromatic N) is 4. The van der Waals surface area contributed by atoms with Crippen molar-refractivity contribution in [2.24, 2.45) is 5.73 Å². The summed E-state index contributed by atoms with van der Waals surface area (Å²) in [5, 5.41) is 0.724. The van der Waals surface area contributed by atoms with E-state index < -0.39 is 5.91 Å². The fourth-order valence-corrected chi connectivity index (χ4v) is 5.18. The lowest BCUT2D eigenvalue weighted by atomic mass is 9.99. The molecule has 1 unspecified atom stereocenters. The van der Waals surface area contributed by atoms with Crippen molar-refractivity contribution in [3.05, 3.63) is 82.3 Å². The molecule has 8 nitrogen and oxygen atoms in total. The molecule has 4 rings (SSSR count). The minimum absolute atomic E-state index is 0.0483. The number of carbonyl (C=O) groups is 2. The van der Waals surface area contributed by atoms with Gasteiger partial charge in [-0.1, -0.05) is 59.6 Å². The summed E-state index contributed by atoms with van der Waals surface area (Å²) in [6.45, 7) is 3.40. The van der Waals surface area contributed by atoms with Crippen LogP contribution in [0.5, 0.6) is 0 Å². The summed E-state index contributed by atoms with van der Waals surface area (Å²) in [5.41, 5.74) is 10.5. The van der Waals surface area contributed by atoms with Gasteiger partial charge in [0.1, 0.15) is 0 Å². The summed E-state index contributed by atoms with van der Waals surface area (Å²) < 4.78 is 5.54. The van der Waals surface area contributed by atoms with Crippen molar-refractivity contribution in [3.63, 3.8) is 0 Å². The predicted molar refractivity (Wildman–Crippen MR) is 167 cm³/mol. The van der Waals surface area contributed by atoms with E-state index in [1.807, 2.05) is 14.1 Å². The molecular formula is C31H37Cl2N5O3. The van der Waals surface area contributed by atoms with Gasteiger partial charge in [0.05, 0.1) is 42.4 Å². The highest BCUT2D eigenvalue weighted by molar-refractivity contribution is 6.42. The largest absolute Gasteiger partial charge is 0.379 e. The standard InChI is InChI=1S/C31H37Cl2N5O3/c1-35(2)25-10-8-23(9-11-25)22-4-6-24(7-5-22)29(19-37-14-16-41-17-15-37)36(3)31(40)21-38(20-30(34)39)26-12-13-27(32)28(33)18-26/h4-13,18,29H,14-17,19-21H2,1-3H3,(H2,34,39). The average molecular weight is 599 g/mol. The Labute approximate surface area is 252 Å². The molecule has 0 bridgehead atoms. The maximum atomic E-state index is 13.7. The van der Waals surface area contributed by atoms with Gasteiger partial charge in [0.25, 0.3) is 0 Å². The summed E-state index contributed by atoms with van der Waals surface area (Å²) in [7, 11) is 5.85. The highest BCUT2D eigenvalue weighted by atomic mass is 35.5. The van der Waals surface area contributed by atoms with Crippen molar-refractivity contribution in [1.29, 1.82) is 0 Å². The van der Waals surface area contributed by atoms with Gasteiger partial charge in [0, 0.05) is 52.2 Å². The molecule has 10 heteroatoms. The molecule has 2 N–H and O–H groups in total. The van der Waals surface area contributed by atoms with Crippen LogP contribution in [0.2, 0.25) is 10.0 Å². The Hall–Kier alpha value is -3.30. The number of likely N-dealkylation sites (N-methyl/N-ethyl adjacent to an activating group) is 1. The van der Waals surface area contributed by atoms with Crippen LogP contribution in [0.25, 0.3) is 11.1 Å². The summed E-state index contributed by atoms with van der Waals surface area (Å²) in [4.78, 5) is 33.4. The number of nitrogens with two attached hydrogens (primary N) is 1. The van der Waals surface area contributed by atoms with Gasteiger partial charge in [-0.2, -0.15) is 0 Å². The van der Waals surface area contributed by atoms with Crippen LogP contribution in [0.3, 0.4) is 0 Å². The molecule has 1 saturated heterocycles. The molecule has 1 aliphatic rings. The molecular weight excluding hydrogens is 561 g/mol. The van der Waals surface area contributed by atoms with E-state index in [1.54, 1.807) is 35.0 Å². The van der Waals surface area contributed by atoms with Crippen LogP contribution in [0.1, 0.15) is 11.6 Å². The first kappa shape index (κ1) is 30.7. The van der Waals surface area contributed by atoms with Crippen LogP contribution in [-0.2, 0) is 14.3 Å². The fraction of sp³-hybridized carbons (Fsp3) is 0.355. The van der Waals surface area contributed by atoms with Gasteiger partial charge in [-0.05, 0) is 47.0 Å². The highest BCUT2D eigenvalue weighted by Gasteiger charge is 2.27. The number of morpholine rings is 1. The number of amides is 2. The van der Waals surface area contributed by atoms with E-state index in [-0.39, 0.29) is 25.0 Å². The number of ether oxygens (including phenoxy) is 1. The smallest absolute Gasteiger partial charge is 0.242 e. The van der Waals surface area contributed by atoms with E-state index in [4.69, 9.17) is 33.7 Å². The van der Waals surface area contributed by atoms with Gasteiger partial charge in [-0.25, -0.2) is 0 Å². The van der Waals surface area contributed by atoms with E-state index in [9.17, 15) is 9.59 Å². The molecule has 1 atom stereocenters. The van der Waals surface area contributed by atoms with Crippen LogP contribution >= 0.6 is 23.2 Å². The highest BCUT2D eigenvalue weighted by Crippen LogP contribution is 2.29. The van der Waals surface area contributed by atoms with Crippen molar-refractivity contribution in [1.82, 2.24) is 9.80 Å². The number of anilines is 2. The molecule has 0 aliphatic carbocycles. The molecule has 2 amide bonds. The van der Waals surface area contributed by atoms with Crippen molar-refractivity contribution in [3.8, 4) is 11.1 Å². The zero-order valence-electron chi connectivity index (χ0n) is 23.7. The van der Waals surface area contributed by atoms with Crippen molar-refractivity contribution >= 4 is 46.4 Å². The van der Waals surface area contributed by atoms with Crippen LogP contribution in [-0.4, -0.2) is 88.7 Å². The van der Waals surface area contributed by atoms with Gasteiger partial charge in [-0.3, -0.25) is 14.5 Å². The molecule has 0 aromatic heterocycles. The van der Waals surface area contributed by atoms with E-state index in [2.05, 4.69) is 58.3 Å². The third-order valence-corrected chi connectivity index (χ3v) is 8.09. The minimum atomic E-state index is -0.550. The number of hydrogen-bond donors (Lipinski definition) is 1. The van der Waals surface area contributed by atoms with E-state index in [0.717, 1.165) is 35.5 Å². The Balaban J connectivity index is 1.57. The second-order valence-corrected chi connectivity index (χ2v) is 11.2. The maximum absolute atomic E-state index is 13.7. The SMILES string of the molecule is CN(C)c1ccc(-c2ccc(C(CN3CCOCC3)N(C)C(=O)CN(CC(N)=O)c3ccc(Cl)c(Cl)c3)cc2)cc1. The van der Waals surface area contributed by atoms with Crippen LogP contribution in [0.4, 0.5) is 11.4 Å². The predicted octanol–water partition coefficient (Wildman–Crippen LogP) is 4.55. The summed E-state index contributed by atoms with van der Waals surface area (Å²) in [5.74, 6) is -0.704. The molecule has 0 spiro atoms. The molecule has 218 valence electrons. The third-order valence-electron chi connectivity index (χ3n) is 7.35. The molecule has 1 heterocycles. The van der Waals surface area contributed by atoms with Crippen LogP contribution in [0.15, 0.2) is 66.7 Å². The monoisotopic (exact) mass is 597 g/mol. The number of benzene rings is 3. The van der Waals surface area contributed by atoms with Crippen LogP contribution in [0, 0.1) is 0 Å². The molecule has 0 saturated carbocycles. The number of primary amides is 1. The minimum Gasteiger partial charge on any atom is -0.379 e. The number of carbonyl (C=O) groups excluding carboxylic acids is 2. The Morgan fingerprint density at radius 1 is 0.854 bits per heavy atom. The van der Waals surface area contributed by atoms with E-state index in [0.29, 0.717) is 35.5 Å². The number of rotatable bonds is 11. The lowest BCUT2D eigenvalue weighted by Crippen LogP contribution is -2.47. The van der Waals surface area contributed by atoms with Crippen LogP contribution < -0.4 is 15.5 Å². The second-order valence-electron chi connectivity index (χ2n) is 10.4. The Bertz CT molecular complexity index is 1330. The summed E-state index contributed by atoms with van der Waals surface area (Å²) in [6, 6.07) is 21.6. The Morgan fingerprint density at radius 3 is 2.00 bits per heavy atom. The van der Waals surface area contributed by atoms with Crippen molar-refractivity contribution in [2.45, 2.75) is 6.04 Å². The third kappa shape index (κ3) is 8.14. The summed E-state index contributed by atoms with van der Waals surface area (Å²) >= 11 is 12.3. The molecule has 3 aromatic carbocycles. The molecule has 3 aromatic rings. The summed E-state index contributed by atoms with van der Waals surface area (Å²) in [6.07, 6.45) is 0. The Morgan fingerprint density at radius 2 is 1.44 bits per heavy atom. The molecule has 0 radical (unpaired) electrons. The quantitative estimate of drug-likeness (QED) is 0.349. The van der Waals surface area contributed by atoms with Gasteiger partial charge in [0.2, 0.25) is 11.8 Å². The molecule has 41 heavy (non-hydrogen) atoms. The van der Waals surface area contributed by atoms with Crippen molar-refractivity contribution < 1.29 is 14.3 Å². The first-order valence-electron chi connectivity index (χ1n) is 13.5. The van der Waals surface area contributed by atoms with Gasteiger partial charge < -0.3 is 25.2 Å². The molecule has 1 aliphatic heterocycles. The Kier molecular flexibility index (Phi) is 10.5. The lowest BCUT2D eigenvalue weighted by molar-refractivity contribution is -0.131. The first-order chi connectivity index (χ1) is 19.6. The van der Waals surface area contributed by atoms with Gasteiger partial charge in [-0.15, -0.1) is 0 Å². The lowest BCUT2D eigenvalue weighted by Gasteiger charge is -2.36. The zero-order valence-corrected chi connectivity index (χ0v) is 25.2. The normalized spacial score (nSPS) is 14.4. The number of hydrogen-bond acceptors (Lipinski definition) is 6. The zero-order chi connectivity index (χ0) is 29.5. The second kappa shape index (κ2) is 14.0. The van der Waals surface area contributed by atoms with Gasteiger partial charge in [0.15, 0.2) is 0 Å². The van der Waals surface area contributed by atoms with E-state index >= 15 is 0 Å². The number of halogens is 2. The topological polar surface area (TPSA) is 82.3 Å². The fourth-order valence-electron chi connectivity index (χ4n) is 4.89. The average Bonchev–Trinajstić information content (AvgIpc) is 2.97.